The van der Waals surface area contributed by atoms with Crippen LogP contribution in [0.4, 0.5) is 0 Å². The van der Waals surface area contributed by atoms with Crippen molar-refractivity contribution in [1.82, 2.24) is 9.88 Å². The normalized spacial score (nSPS) is 27.1. The van der Waals surface area contributed by atoms with Crippen LogP contribution in [0.5, 0.6) is 0 Å². The second kappa shape index (κ2) is 5.16. The summed E-state index contributed by atoms with van der Waals surface area (Å²) in [6, 6.07) is 6.18. The first-order chi connectivity index (χ1) is 9.99. The van der Waals surface area contributed by atoms with Crippen LogP contribution in [-0.4, -0.2) is 45.8 Å². The molecule has 1 aromatic heterocycles. The lowest BCUT2D eigenvalue weighted by atomic mass is 9.87. The summed E-state index contributed by atoms with van der Waals surface area (Å²) in [7, 11) is 1.92. The Labute approximate surface area is 123 Å². The third kappa shape index (κ3) is 2.32. The number of hydrogen-bond acceptors (Lipinski definition) is 3. The molecular weight excluding hydrogens is 268 g/mol. The summed E-state index contributed by atoms with van der Waals surface area (Å²) in [6.07, 6.45) is 1.61. The van der Waals surface area contributed by atoms with E-state index in [0.717, 1.165) is 16.5 Å². The Bertz CT molecular complexity index is 679. The molecule has 0 aliphatic carbocycles. The number of piperidine rings is 1. The highest BCUT2D eigenvalue weighted by molar-refractivity contribution is 5.86. The molecule has 1 saturated heterocycles. The number of fused-ring (bicyclic) bond motifs is 1. The lowest BCUT2D eigenvalue weighted by Gasteiger charge is -2.38. The first-order valence-electron chi connectivity index (χ1n) is 7.16. The van der Waals surface area contributed by atoms with E-state index in [-0.39, 0.29) is 6.04 Å². The van der Waals surface area contributed by atoms with Gasteiger partial charge in [-0.15, -0.1) is 0 Å². The number of carboxylic acids is 1. The van der Waals surface area contributed by atoms with Crippen LogP contribution in [0.2, 0.25) is 0 Å². The number of aromatic amines is 1. The van der Waals surface area contributed by atoms with Gasteiger partial charge in [-0.05, 0) is 31.5 Å². The summed E-state index contributed by atoms with van der Waals surface area (Å²) in [5.74, 6) is -1.64. The molecule has 1 aromatic carbocycles. The third-order valence-corrected chi connectivity index (χ3v) is 4.58. The minimum absolute atomic E-state index is 0.0335. The number of carboxylic acid groups (broad SMARTS) is 1. The Balaban J connectivity index is 1.96. The van der Waals surface area contributed by atoms with Crippen molar-refractivity contribution in [2.24, 2.45) is 5.92 Å². The zero-order valence-corrected chi connectivity index (χ0v) is 12.2. The van der Waals surface area contributed by atoms with Crippen molar-refractivity contribution < 1.29 is 15.0 Å². The SMILES string of the molecule is Cc1cccc2c(C3CC(O)C(C(=O)O)CN3C)c[nH]c12. The smallest absolute Gasteiger partial charge is 0.310 e. The number of aliphatic hydroxyl groups excluding tert-OH is 1. The number of hydrogen-bond donors (Lipinski definition) is 3. The molecule has 0 saturated carbocycles. The quantitative estimate of drug-likeness (QED) is 0.789. The molecule has 3 rings (SSSR count). The molecule has 1 aliphatic heterocycles. The van der Waals surface area contributed by atoms with Crippen LogP contribution >= 0.6 is 0 Å². The Morgan fingerprint density at radius 1 is 1.43 bits per heavy atom. The van der Waals surface area contributed by atoms with Gasteiger partial charge in [0.1, 0.15) is 0 Å². The van der Waals surface area contributed by atoms with Gasteiger partial charge >= 0.3 is 5.97 Å². The highest BCUT2D eigenvalue weighted by atomic mass is 16.4. The van der Waals surface area contributed by atoms with Crippen molar-refractivity contribution in [3.05, 3.63) is 35.5 Å². The Hall–Kier alpha value is -1.85. The fourth-order valence-electron chi connectivity index (χ4n) is 3.34. The molecule has 0 amide bonds. The third-order valence-electron chi connectivity index (χ3n) is 4.58. The maximum absolute atomic E-state index is 11.2. The van der Waals surface area contributed by atoms with Crippen LogP contribution in [0.3, 0.4) is 0 Å². The summed E-state index contributed by atoms with van der Waals surface area (Å²) in [6.45, 7) is 2.42. The molecule has 3 atom stereocenters. The van der Waals surface area contributed by atoms with Crippen molar-refractivity contribution in [2.45, 2.75) is 25.5 Å². The molecule has 2 heterocycles. The van der Waals surface area contributed by atoms with Gasteiger partial charge in [0.2, 0.25) is 0 Å². The number of likely N-dealkylation sites (tertiary alicyclic amines) is 1. The van der Waals surface area contributed by atoms with Gasteiger partial charge in [-0.25, -0.2) is 0 Å². The molecule has 5 heteroatoms. The van der Waals surface area contributed by atoms with Gasteiger partial charge in [-0.2, -0.15) is 0 Å². The Morgan fingerprint density at radius 3 is 2.90 bits per heavy atom. The molecule has 1 fully saturated rings. The van der Waals surface area contributed by atoms with E-state index in [1.54, 1.807) is 0 Å². The number of para-hydroxylation sites is 1. The van der Waals surface area contributed by atoms with Gasteiger partial charge in [0.25, 0.3) is 0 Å². The van der Waals surface area contributed by atoms with Crippen LogP contribution in [0.1, 0.15) is 23.6 Å². The monoisotopic (exact) mass is 288 g/mol. The average Bonchev–Trinajstić information content (AvgIpc) is 2.86. The van der Waals surface area contributed by atoms with Crippen LogP contribution in [0, 0.1) is 12.8 Å². The predicted molar refractivity (Wildman–Crippen MR) is 80.2 cm³/mol. The summed E-state index contributed by atoms with van der Waals surface area (Å²) >= 11 is 0. The molecular formula is C16H20N2O3. The molecule has 3 N–H and O–H groups in total. The van der Waals surface area contributed by atoms with Crippen LogP contribution in [0.25, 0.3) is 10.9 Å². The number of aliphatic hydroxyl groups is 1. The minimum Gasteiger partial charge on any atom is -0.481 e. The van der Waals surface area contributed by atoms with Crippen molar-refractivity contribution in [1.29, 1.82) is 0 Å². The molecule has 5 nitrogen and oxygen atoms in total. The molecule has 0 radical (unpaired) electrons. The van der Waals surface area contributed by atoms with Gasteiger partial charge in [-0.1, -0.05) is 18.2 Å². The fraction of sp³-hybridized carbons (Fsp3) is 0.438. The molecule has 0 bridgehead atoms. The molecule has 1 aliphatic rings. The lowest BCUT2D eigenvalue weighted by molar-refractivity contribution is -0.150. The Kier molecular flexibility index (Phi) is 3.47. The van der Waals surface area contributed by atoms with Crippen LogP contribution in [0.15, 0.2) is 24.4 Å². The van der Waals surface area contributed by atoms with Gasteiger partial charge in [0, 0.05) is 29.7 Å². The first-order valence-corrected chi connectivity index (χ1v) is 7.16. The average molecular weight is 288 g/mol. The van der Waals surface area contributed by atoms with Crippen molar-refractivity contribution in [2.75, 3.05) is 13.6 Å². The first kappa shape index (κ1) is 14.1. The van der Waals surface area contributed by atoms with Gasteiger partial charge in [0.15, 0.2) is 0 Å². The highest BCUT2D eigenvalue weighted by Gasteiger charge is 2.38. The van der Waals surface area contributed by atoms with Crippen LogP contribution < -0.4 is 0 Å². The number of nitrogens with one attached hydrogen (secondary N) is 1. The fourth-order valence-corrected chi connectivity index (χ4v) is 3.34. The largest absolute Gasteiger partial charge is 0.481 e. The van der Waals surface area contributed by atoms with E-state index < -0.39 is 18.0 Å². The maximum atomic E-state index is 11.2. The zero-order valence-electron chi connectivity index (χ0n) is 12.2. The molecule has 112 valence electrons. The van der Waals surface area contributed by atoms with Crippen LogP contribution in [-0.2, 0) is 4.79 Å². The molecule has 21 heavy (non-hydrogen) atoms. The van der Waals surface area contributed by atoms with Gasteiger partial charge in [-0.3, -0.25) is 9.69 Å². The number of rotatable bonds is 2. The minimum atomic E-state index is -0.928. The van der Waals surface area contributed by atoms with E-state index in [2.05, 4.69) is 24.0 Å². The van der Waals surface area contributed by atoms with E-state index in [9.17, 15) is 9.90 Å². The number of nitrogens with zero attached hydrogens (tertiary/aromatic N) is 1. The van der Waals surface area contributed by atoms with E-state index >= 15 is 0 Å². The lowest BCUT2D eigenvalue weighted by Crippen LogP contribution is -2.46. The van der Waals surface area contributed by atoms with E-state index in [1.165, 1.54) is 5.56 Å². The summed E-state index contributed by atoms with van der Waals surface area (Å²) in [5, 5.41) is 20.4. The van der Waals surface area contributed by atoms with Gasteiger partial charge < -0.3 is 15.2 Å². The van der Waals surface area contributed by atoms with Crippen molar-refractivity contribution >= 4 is 16.9 Å². The summed E-state index contributed by atoms with van der Waals surface area (Å²) < 4.78 is 0. The standard InChI is InChI=1S/C16H20N2O3/c1-9-4-3-5-10-11(7-17-15(9)10)13-6-14(19)12(16(20)21)8-18(13)2/h3-5,7,12-14,17,19H,6,8H2,1-2H3,(H,20,21). The Morgan fingerprint density at radius 2 is 2.19 bits per heavy atom. The molecule has 0 spiro atoms. The van der Waals surface area contributed by atoms with Gasteiger partial charge in [0.05, 0.1) is 12.0 Å². The summed E-state index contributed by atoms with van der Waals surface area (Å²) in [4.78, 5) is 16.5. The second-order valence-electron chi connectivity index (χ2n) is 5.94. The van der Waals surface area contributed by atoms with E-state index in [0.29, 0.717) is 13.0 Å². The number of aliphatic carboxylic acids is 1. The number of carbonyl (C=O) groups is 1. The predicted octanol–water partition coefficient (Wildman–Crippen LogP) is 1.91. The second-order valence-corrected chi connectivity index (χ2v) is 5.94. The van der Waals surface area contributed by atoms with Crippen molar-refractivity contribution in [3.8, 4) is 0 Å². The number of aryl methyl sites for hydroxylation is 1. The van der Waals surface area contributed by atoms with Crippen molar-refractivity contribution in [3.63, 3.8) is 0 Å². The van der Waals surface area contributed by atoms with E-state index in [4.69, 9.17) is 5.11 Å². The number of H-pyrrole nitrogens is 1. The van der Waals surface area contributed by atoms with E-state index in [1.807, 2.05) is 24.2 Å². The summed E-state index contributed by atoms with van der Waals surface area (Å²) in [5.41, 5.74) is 3.41. The zero-order chi connectivity index (χ0) is 15.1. The number of benzene rings is 1. The molecule has 2 aromatic rings. The topological polar surface area (TPSA) is 76.6 Å². The maximum Gasteiger partial charge on any atom is 0.310 e. The molecule has 3 unspecified atom stereocenters. The highest BCUT2D eigenvalue weighted by Crippen LogP contribution is 2.36. The number of aromatic nitrogens is 1.